The number of ether oxygens (including phenoxy) is 1. The molecule has 1 spiro atoms. The number of halogens is 1. The highest BCUT2D eigenvalue weighted by Crippen LogP contribution is 2.33. The summed E-state index contributed by atoms with van der Waals surface area (Å²) in [6.45, 7) is 3.33. The Morgan fingerprint density at radius 2 is 2.00 bits per heavy atom. The number of carbonyl (C=O) groups is 2. The largest absolute Gasteiger partial charge is 0.363 e. The molecule has 7 heteroatoms. The van der Waals surface area contributed by atoms with Crippen LogP contribution in [0.4, 0.5) is 10.1 Å². The molecule has 0 saturated carbocycles. The van der Waals surface area contributed by atoms with E-state index in [0.717, 1.165) is 18.5 Å². The van der Waals surface area contributed by atoms with Gasteiger partial charge in [0.25, 0.3) is 11.8 Å². The number of carbonyl (C=O) groups excluding carboxylic acids is 2. The highest BCUT2D eigenvalue weighted by molar-refractivity contribution is 5.95. The summed E-state index contributed by atoms with van der Waals surface area (Å²) in [6, 6.07) is 11.5. The maximum absolute atomic E-state index is 13.7. The maximum atomic E-state index is 13.7. The van der Waals surface area contributed by atoms with Crippen molar-refractivity contribution in [1.29, 1.82) is 0 Å². The monoisotopic (exact) mass is 397 g/mol. The number of likely N-dealkylation sites (tertiary alicyclic amines) is 1. The highest BCUT2D eigenvalue weighted by atomic mass is 19.1. The molecule has 0 radical (unpaired) electrons. The SMILES string of the molecule is Cc1cccc(C(=O)N2CCCC3(CC2)CN(c2cccc(F)c2)C(=O)CO3)n1. The molecular weight excluding hydrogens is 373 g/mol. The van der Waals surface area contributed by atoms with Crippen LogP contribution in [0.5, 0.6) is 0 Å². The summed E-state index contributed by atoms with van der Waals surface area (Å²) in [7, 11) is 0. The molecule has 2 saturated heterocycles. The van der Waals surface area contributed by atoms with Crippen LogP contribution in [-0.2, 0) is 9.53 Å². The Morgan fingerprint density at radius 3 is 2.79 bits per heavy atom. The van der Waals surface area contributed by atoms with Gasteiger partial charge in [0.2, 0.25) is 0 Å². The molecule has 29 heavy (non-hydrogen) atoms. The van der Waals surface area contributed by atoms with Gasteiger partial charge in [0.1, 0.15) is 18.1 Å². The smallest absolute Gasteiger partial charge is 0.272 e. The average molecular weight is 397 g/mol. The first-order chi connectivity index (χ1) is 14.0. The highest BCUT2D eigenvalue weighted by Gasteiger charge is 2.42. The number of hydrogen-bond acceptors (Lipinski definition) is 4. The lowest BCUT2D eigenvalue weighted by molar-refractivity contribution is -0.140. The second-order valence-corrected chi connectivity index (χ2v) is 7.74. The van der Waals surface area contributed by atoms with Crippen LogP contribution in [0.3, 0.4) is 0 Å². The van der Waals surface area contributed by atoms with E-state index in [2.05, 4.69) is 4.98 Å². The van der Waals surface area contributed by atoms with E-state index in [1.165, 1.54) is 12.1 Å². The van der Waals surface area contributed by atoms with Crippen molar-refractivity contribution >= 4 is 17.5 Å². The molecule has 0 aliphatic carbocycles. The predicted molar refractivity (Wildman–Crippen MR) is 106 cm³/mol. The predicted octanol–water partition coefficient (Wildman–Crippen LogP) is 2.96. The molecule has 3 heterocycles. The maximum Gasteiger partial charge on any atom is 0.272 e. The zero-order chi connectivity index (χ0) is 20.4. The van der Waals surface area contributed by atoms with E-state index in [9.17, 15) is 14.0 Å². The minimum atomic E-state index is -0.532. The molecule has 1 aromatic heterocycles. The van der Waals surface area contributed by atoms with Gasteiger partial charge in [0.05, 0.1) is 12.1 Å². The van der Waals surface area contributed by atoms with Crippen molar-refractivity contribution in [2.75, 3.05) is 31.1 Å². The number of morpholine rings is 1. The molecule has 6 nitrogen and oxygen atoms in total. The van der Waals surface area contributed by atoms with E-state index in [0.29, 0.717) is 37.4 Å². The Bertz CT molecular complexity index is 935. The summed E-state index contributed by atoms with van der Waals surface area (Å²) in [5.74, 6) is -0.638. The molecule has 0 bridgehead atoms. The van der Waals surface area contributed by atoms with Crippen molar-refractivity contribution in [3.8, 4) is 0 Å². The molecular formula is C22H24FN3O3. The van der Waals surface area contributed by atoms with Crippen molar-refractivity contribution in [3.05, 3.63) is 59.7 Å². The number of pyridine rings is 1. The van der Waals surface area contributed by atoms with E-state index in [4.69, 9.17) is 4.74 Å². The third kappa shape index (κ3) is 4.15. The van der Waals surface area contributed by atoms with Gasteiger partial charge in [-0.3, -0.25) is 9.59 Å². The van der Waals surface area contributed by atoms with E-state index in [-0.39, 0.29) is 24.2 Å². The summed E-state index contributed by atoms with van der Waals surface area (Å²) < 4.78 is 19.7. The summed E-state index contributed by atoms with van der Waals surface area (Å²) in [5.41, 5.74) is 1.26. The van der Waals surface area contributed by atoms with Crippen LogP contribution in [0.1, 0.15) is 35.4 Å². The molecule has 152 valence electrons. The van der Waals surface area contributed by atoms with Crippen molar-refractivity contribution < 1.29 is 18.7 Å². The first-order valence-electron chi connectivity index (χ1n) is 9.89. The van der Waals surface area contributed by atoms with Crippen LogP contribution >= 0.6 is 0 Å². The molecule has 2 aromatic rings. The minimum Gasteiger partial charge on any atom is -0.363 e. The first-order valence-corrected chi connectivity index (χ1v) is 9.89. The Labute approximate surface area is 169 Å². The van der Waals surface area contributed by atoms with E-state index >= 15 is 0 Å². The number of hydrogen-bond donors (Lipinski definition) is 0. The van der Waals surface area contributed by atoms with Gasteiger partial charge in [-0.2, -0.15) is 0 Å². The Hall–Kier alpha value is -2.80. The van der Waals surface area contributed by atoms with Crippen LogP contribution in [0.25, 0.3) is 0 Å². The van der Waals surface area contributed by atoms with Gasteiger partial charge in [-0.25, -0.2) is 9.37 Å². The topological polar surface area (TPSA) is 62.7 Å². The zero-order valence-corrected chi connectivity index (χ0v) is 16.4. The van der Waals surface area contributed by atoms with Crippen molar-refractivity contribution in [2.45, 2.75) is 31.8 Å². The van der Waals surface area contributed by atoms with Crippen molar-refractivity contribution in [1.82, 2.24) is 9.88 Å². The summed E-state index contributed by atoms with van der Waals surface area (Å²) in [6.07, 6.45) is 2.11. The van der Waals surface area contributed by atoms with Crippen LogP contribution < -0.4 is 4.90 Å². The van der Waals surface area contributed by atoms with Gasteiger partial charge in [-0.1, -0.05) is 12.1 Å². The van der Waals surface area contributed by atoms with E-state index in [1.54, 1.807) is 23.1 Å². The fraction of sp³-hybridized carbons (Fsp3) is 0.409. The lowest BCUT2D eigenvalue weighted by atomic mass is 9.92. The number of amides is 2. The lowest BCUT2D eigenvalue weighted by Gasteiger charge is -2.42. The van der Waals surface area contributed by atoms with Gasteiger partial charge in [-0.05, 0) is 56.5 Å². The molecule has 2 amide bonds. The van der Waals surface area contributed by atoms with Gasteiger partial charge >= 0.3 is 0 Å². The van der Waals surface area contributed by atoms with E-state index < -0.39 is 5.60 Å². The van der Waals surface area contributed by atoms with Gasteiger partial charge in [0.15, 0.2) is 0 Å². The molecule has 2 aliphatic heterocycles. The lowest BCUT2D eigenvalue weighted by Crippen LogP contribution is -2.55. The number of benzene rings is 1. The molecule has 1 unspecified atom stereocenters. The third-order valence-electron chi connectivity index (χ3n) is 5.66. The molecule has 2 fully saturated rings. The Balaban J connectivity index is 1.49. The van der Waals surface area contributed by atoms with Gasteiger partial charge in [-0.15, -0.1) is 0 Å². The van der Waals surface area contributed by atoms with Crippen LogP contribution in [0.15, 0.2) is 42.5 Å². The number of aromatic nitrogens is 1. The Kier molecular flexibility index (Phi) is 5.32. The van der Waals surface area contributed by atoms with Crippen molar-refractivity contribution in [3.63, 3.8) is 0 Å². The summed E-state index contributed by atoms with van der Waals surface area (Å²) in [4.78, 5) is 33.0. The average Bonchev–Trinajstić information content (AvgIpc) is 2.92. The standard InChI is InChI=1S/C22H24FN3O3/c1-16-5-2-8-19(24-16)21(28)25-11-4-9-22(10-12-25)15-26(20(27)14-29-22)18-7-3-6-17(23)13-18/h2-3,5-8,13H,4,9-12,14-15H2,1H3. The molecule has 4 rings (SSSR count). The van der Waals surface area contributed by atoms with Gasteiger partial charge in [0, 0.05) is 24.5 Å². The molecule has 0 N–H and O–H groups in total. The first kappa shape index (κ1) is 19.5. The van der Waals surface area contributed by atoms with E-state index in [1.807, 2.05) is 24.0 Å². The van der Waals surface area contributed by atoms with Crippen LogP contribution in [0.2, 0.25) is 0 Å². The minimum absolute atomic E-state index is 0.0378. The zero-order valence-electron chi connectivity index (χ0n) is 16.4. The van der Waals surface area contributed by atoms with Gasteiger partial charge < -0.3 is 14.5 Å². The number of anilines is 1. The normalized spacial score (nSPS) is 22.6. The molecule has 2 aliphatic rings. The molecule has 1 aromatic carbocycles. The third-order valence-corrected chi connectivity index (χ3v) is 5.66. The fourth-order valence-corrected chi connectivity index (χ4v) is 4.09. The van der Waals surface area contributed by atoms with Crippen LogP contribution in [0, 0.1) is 12.7 Å². The quantitative estimate of drug-likeness (QED) is 0.782. The molecule has 1 atom stereocenters. The van der Waals surface area contributed by atoms with Crippen LogP contribution in [-0.4, -0.2) is 53.5 Å². The summed E-state index contributed by atoms with van der Waals surface area (Å²) in [5, 5.41) is 0. The fourth-order valence-electron chi connectivity index (χ4n) is 4.09. The number of aryl methyl sites for hydroxylation is 1. The second kappa shape index (κ2) is 7.91. The number of nitrogens with zero attached hydrogens (tertiary/aromatic N) is 3. The number of rotatable bonds is 2. The second-order valence-electron chi connectivity index (χ2n) is 7.74. The Morgan fingerprint density at radius 1 is 1.17 bits per heavy atom. The van der Waals surface area contributed by atoms with Crippen molar-refractivity contribution in [2.24, 2.45) is 0 Å². The summed E-state index contributed by atoms with van der Waals surface area (Å²) >= 11 is 0.